The number of ketones is 1. The molecule has 0 saturated carbocycles. The summed E-state index contributed by atoms with van der Waals surface area (Å²) >= 11 is 4.60. The number of allylic oxidation sites excluding steroid dienone is 1. The molecule has 0 radical (unpaired) electrons. The first-order chi connectivity index (χ1) is 7.68. The zero-order valence-electron chi connectivity index (χ0n) is 8.31. The molecule has 80 valence electrons. The highest BCUT2D eigenvalue weighted by atomic mass is 32.1. The number of hydrogen-bond acceptors (Lipinski definition) is 3. The van der Waals surface area contributed by atoms with Crippen molar-refractivity contribution in [3.8, 4) is 0 Å². The lowest BCUT2D eigenvalue weighted by Gasteiger charge is -2.10. The summed E-state index contributed by atoms with van der Waals surface area (Å²) in [7, 11) is 0. The first-order valence-electron chi connectivity index (χ1n) is 4.63. The molecule has 1 aliphatic carbocycles. The van der Waals surface area contributed by atoms with Gasteiger partial charge >= 0.3 is 0 Å². The molecule has 0 spiro atoms. The number of carbonyl (C=O) groups excluding carboxylic acids is 1. The van der Waals surface area contributed by atoms with E-state index in [0.717, 1.165) is 5.56 Å². The average molecular weight is 231 g/mol. The fraction of sp³-hybridized carbons (Fsp3) is 0. The Kier molecular flexibility index (Phi) is 2.78. The first-order valence-corrected chi connectivity index (χ1v) is 5.04. The zero-order valence-corrected chi connectivity index (χ0v) is 9.12. The van der Waals surface area contributed by atoms with Crippen LogP contribution in [-0.4, -0.2) is 16.6 Å². The molecule has 16 heavy (non-hydrogen) atoms. The molecule has 0 heterocycles. The van der Waals surface area contributed by atoms with E-state index in [1.54, 1.807) is 12.1 Å². The van der Waals surface area contributed by atoms with Crippen LogP contribution in [0.4, 0.5) is 0 Å². The van der Waals surface area contributed by atoms with E-state index in [1.165, 1.54) is 0 Å². The molecule has 1 aromatic carbocycles. The Bertz CT molecular complexity index is 520. The van der Waals surface area contributed by atoms with Crippen LogP contribution in [0.3, 0.4) is 0 Å². The van der Waals surface area contributed by atoms with Crippen LogP contribution in [-0.2, 0) is 0 Å². The van der Waals surface area contributed by atoms with Gasteiger partial charge in [0, 0.05) is 5.56 Å². The SMILES string of the molecule is NC(=S)NN=C1C=Cc2ccccc2C1=O. The smallest absolute Gasteiger partial charge is 0.213 e. The second-order valence-corrected chi connectivity index (χ2v) is 3.66. The molecule has 0 amide bonds. The van der Waals surface area contributed by atoms with Crippen molar-refractivity contribution in [1.29, 1.82) is 0 Å². The molecule has 5 heteroatoms. The Hall–Kier alpha value is -2.01. The predicted molar refractivity (Wildman–Crippen MR) is 67.2 cm³/mol. The van der Waals surface area contributed by atoms with Gasteiger partial charge in [-0.2, -0.15) is 5.10 Å². The fourth-order valence-electron chi connectivity index (χ4n) is 1.43. The number of nitrogens with one attached hydrogen (secondary N) is 1. The van der Waals surface area contributed by atoms with Crippen LogP contribution < -0.4 is 11.2 Å². The quantitative estimate of drug-likeness (QED) is 0.560. The van der Waals surface area contributed by atoms with Crippen molar-refractivity contribution in [2.75, 3.05) is 0 Å². The Balaban J connectivity index is 2.35. The number of rotatable bonds is 1. The molecule has 3 N–H and O–H groups in total. The highest BCUT2D eigenvalue weighted by Gasteiger charge is 2.18. The summed E-state index contributed by atoms with van der Waals surface area (Å²) in [5.74, 6) is -0.137. The molecule has 1 aliphatic rings. The molecule has 2 rings (SSSR count). The predicted octanol–water partition coefficient (Wildman–Crippen LogP) is 1.09. The van der Waals surface area contributed by atoms with Gasteiger partial charge in [-0.1, -0.05) is 30.3 Å². The highest BCUT2D eigenvalue weighted by Crippen LogP contribution is 2.17. The Morgan fingerprint density at radius 2 is 2.06 bits per heavy atom. The van der Waals surface area contributed by atoms with E-state index >= 15 is 0 Å². The van der Waals surface area contributed by atoms with Gasteiger partial charge in [0.05, 0.1) is 0 Å². The second-order valence-electron chi connectivity index (χ2n) is 3.22. The largest absolute Gasteiger partial charge is 0.375 e. The van der Waals surface area contributed by atoms with Crippen LogP contribution in [0, 0.1) is 0 Å². The summed E-state index contributed by atoms with van der Waals surface area (Å²) in [6, 6.07) is 7.33. The molecule has 0 bridgehead atoms. The first kappa shape index (κ1) is 10.5. The standard InChI is InChI=1S/C11H9N3OS/c12-11(16)14-13-9-6-5-7-3-1-2-4-8(7)10(9)15/h1-6H,(H3,12,14,16). The fourth-order valence-corrected chi connectivity index (χ4v) is 1.48. The maximum atomic E-state index is 11.9. The van der Waals surface area contributed by atoms with Gasteiger partial charge in [0.2, 0.25) is 5.78 Å². The second kappa shape index (κ2) is 4.24. The number of hydrogen-bond donors (Lipinski definition) is 2. The van der Waals surface area contributed by atoms with Crippen LogP contribution >= 0.6 is 12.2 Å². The van der Waals surface area contributed by atoms with Crippen LogP contribution in [0.5, 0.6) is 0 Å². The van der Waals surface area contributed by atoms with Gasteiger partial charge in [0.15, 0.2) is 5.11 Å². The average Bonchev–Trinajstić information content (AvgIpc) is 2.28. The van der Waals surface area contributed by atoms with Crippen LogP contribution in [0.2, 0.25) is 0 Å². The van der Waals surface area contributed by atoms with E-state index in [4.69, 9.17) is 5.73 Å². The van der Waals surface area contributed by atoms with Crippen molar-refractivity contribution >= 4 is 34.9 Å². The minimum absolute atomic E-state index is 0.0348. The number of nitrogens with zero attached hydrogens (tertiary/aromatic N) is 1. The van der Waals surface area contributed by atoms with Gasteiger partial charge in [-0.25, -0.2) is 0 Å². The molecule has 0 atom stereocenters. The van der Waals surface area contributed by atoms with E-state index in [1.807, 2.05) is 24.3 Å². The lowest BCUT2D eigenvalue weighted by molar-refractivity contribution is 0.106. The summed E-state index contributed by atoms with van der Waals surface area (Å²) in [5, 5.41) is 3.86. The Morgan fingerprint density at radius 1 is 1.31 bits per heavy atom. The van der Waals surface area contributed by atoms with Crippen molar-refractivity contribution in [1.82, 2.24) is 5.43 Å². The monoisotopic (exact) mass is 231 g/mol. The summed E-state index contributed by atoms with van der Waals surface area (Å²) in [6.45, 7) is 0. The van der Waals surface area contributed by atoms with Gasteiger partial charge < -0.3 is 5.73 Å². The topological polar surface area (TPSA) is 67.5 Å². The van der Waals surface area contributed by atoms with Gasteiger partial charge in [0.1, 0.15) is 5.71 Å². The molecule has 0 aliphatic heterocycles. The number of benzene rings is 1. The maximum Gasteiger partial charge on any atom is 0.213 e. The van der Waals surface area contributed by atoms with Gasteiger partial charge in [-0.3, -0.25) is 10.2 Å². The maximum absolute atomic E-state index is 11.9. The van der Waals surface area contributed by atoms with Gasteiger partial charge in [0.25, 0.3) is 0 Å². The minimum Gasteiger partial charge on any atom is -0.375 e. The minimum atomic E-state index is -0.137. The third-order valence-electron chi connectivity index (χ3n) is 2.15. The van der Waals surface area contributed by atoms with Crippen molar-refractivity contribution in [3.63, 3.8) is 0 Å². The number of nitrogens with two attached hydrogens (primary N) is 1. The number of fused-ring (bicyclic) bond motifs is 1. The molecular formula is C11H9N3OS. The third-order valence-corrected chi connectivity index (χ3v) is 2.24. The molecular weight excluding hydrogens is 222 g/mol. The normalized spacial score (nSPS) is 16.0. The lowest BCUT2D eigenvalue weighted by atomic mass is 9.95. The third kappa shape index (κ3) is 1.99. The summed E-state index contributed by atoms with van der Waals surface area (Å²) in [4.78, 5) is 11.9. The molecule has 0 aromatic heterocycles. The van der Waals surface area contributed by atoms with Crippen LogP contribution in [0.1, 0.15) is 15.9 Å². The number of hydrazone groups is 1. The van der Waals surface area contributed by atoms with Crippen molar-refractivity contribution in [3.05, 3.63) is 41.5 Å². The van der Waals surface area contributed by atoms with E-state index in [0.29, 0.717) is 11.3 Å². The van der Waals surface area contributed by atoms with E-state index in [-0.39, 0.29) is 10.9 Å². The molecule has 4 nitrogen and oxygen atoms in total. The number of carbonyl (C=O) groups is 1. The lowest BCUT2D eigenvalue weighted by Crippen LogP contribution is -2.27. The number of thiocarbonyl (C=S) groups is 1. The van der Waals surface area contributed by atoms with Crippen molar-refractivity contribution in [2.24, 2.45) is 10.8 Å². The zero-order chi connectivity index (χ0) is 11.5. The summed E-state index contributed by atoms with van der Waals surface area (Å²) in [6.07, 6.45) is 3.47. The molecule has 0 saturated heterocycles. The molecule has 1 aromatic rings. The molecule has 0 unspecified atom stereocenters. The van der Waals surface area contributed by atoms with Crippen LogP contribution in [0.15, 0.2) is 35.4 Å². The van der Waals surface area contributed by atoms with Crippen molar-refractivity contribution in [2.45, 2.75) is 0 Å². The van der Waals surface area contributed by atoms with Gasteiger partial charge in [-0.05, 0) is 23.9 Å². The number of Topliss-reactive ketones (excluding diaryl/α,β-unsaturated/α-hetero) is 1. The molecule has 0 fully saturated rings. The van der Waals surface area contributed by atoms with E-state index < -0.39 is 0 Å². The van der Waals surface area contributed by atoms with Crippen molar-refractivity contribution < 1.29 is 4.79 Å². The Morgan fingerprint density at radius 3 is 2.81 bits per heavy atom. The van der Waals surface area contributed by atoms with E-state index in [9.17, 15) is 4.79 Å². The highest BCUT2D eigenvalue weighted by molar-refractivity contribution is 7.80. The van der Waals surface area contributed by atoms with Gasteiger partial charge in [-0.15, -0.1) is 0 Å². The van der Waals surface area contributed by atoms with E-state index in [2.05, 4.69) is 22.7 Å². The summed E-state index contributed by atoms with van der Waals surface area (Å²) in [5.41, 5.74) is 9.45. The summed E-state index contributed by atoms with van der Waals surface area (Å²) < 4.78 is 0. The Labute approximate surface area is 97.8 Å². The van der Waals surface area contributed by atoms with Crippen LogP contribution in [0.25, 0.3) is 6.08 Å².